The van der Waals surface area contributed by atoms with Gasteiger partial charge in [-0.15, -0.1) is 5.10 Å². The van der Waals surface area contributed by atoms with Crippen LogP contribution in [0.25, 0.3) is 0 Å². The van der Waals surface area contributed by atoms with E-state index in [-0.39, 0.29) is 18.2 Å². The summed E-state index contributed by atoms with van der Waals surface area (Å²) in [5, 5.41) is 18.1. The van der Waals surface area contributed by atoms with Crippen LogP contribution < -0.4 is 5.32 Å². The molecule has 0 bridgehead atoms. The molecule has 0 saturated heterocycles. The largest absolute Gasteiger partial charge is 0.481 e. The second kappa shape index (κ2) is 5.35. The second-order valence-corrected chi connectivity index (χ2v) is 5.04. The Morgan fingerprint density at radius 1 is 1.29 bits per heavy atom. The van der Waals surface area contributed by atoms with E-state index < -0.39 is 5.97 Å². The number of nitrogens with one attached hydrogen (secondary N) is 2. The minimum Gasteiger partial charge on any atom is -0.481 e. The molecule has 3 rings (SSSR count). The minimum absolute atomic E-state index is 0.0418. The van der Waals surface area contributed by atoms with Gasteiger partial charge in [-0.3, -0.25) is 14.7 Å². The highest BCUT2D eigenvalue weighted by Gasteiger charge is 2.28. The normalized spacial score (nSPS) is 13.9. The summed E-state index contributed by atoms with van der Waals surface area (Å²) in [4.78, 5) is 26.7. The van der Waals surface area contributed by atoms with Gasteiger partial charge >= 0.3 is 5.97 Å². The van der Waals surface area contributed by atoms with Gasteiger partial charge in [-0.25, -0.2) is 4.98 Å². The van der Waals surface area contributed by atoms with E-state index in [1.165, 1.54) is 0 Å². The first-order valence-electron chi connectivity index (χ1n) is 6.66. The van der Waals surface area contributed by atoms with Crippen molar-refractivity contribution in [3.63, 3.8) is 0 Å². The molecule has 1 heterocycles. The maximum Gasteiger partial charge on any atom is 0.307 e. The lowest BCUT2D eigenvalue weighted by molar-refractivity contribution is -0.136. The van der Waals surface area contributed by atoms with Crippen LogP contribution in [0.15, 0.2) is 24.3 Å². The third-order valence-electron chi connectivity index (χ3n) is 3.24. The van der Waals surface area contributed by atoms with Crippen LogP contribution in [0.2, 0.25) is 0 Å². The van der Waals surface area contributed by atoms with Crippen LogP contribution in [0.5, 0.6) is 0 Å². The molecular weight excluding hydrogens is 272 g/mol. The Balaban J connectivity index is 1.64. The molecular formula is C14H14N4O3. The van der Waals surface area contributed by atoms with Crippen molar-refractivity contribution >= 4 is 17.6 Å². The average Bonchev–Trinajstić information content (AvgIpc) is 3.18. The first-order chi connectivity index (χ1) is 10.1. The standard InChI is InChI=1S/C14H14N4O3/c19-11(20)7-8-1-5-10(6-2-8)15-14(21)13-16-12(17-18-13)9-3-4-9/h1-2,5-6,9H,3-4,7H2,(H,15,21)(H,19,20)(H,16,17,18). The van der Waals surface area contributed by atoms with Gasteiger partial charge in [-0.2, -0.15) is 0 Å². The maximum atomic E-state index is 12.0. The number of amides is 1. The van der Waals surface area contributed by atoms with Gasteiger partial charge in [-0.05, 0) is 30.5 Å². The molecule has 1 fully saturated rings. The van der Waals surface area contributed by atoms with E-state index in [0.717, 1.165) is 18.7 Å². The van der Waals surface area contributed by atoms with Crippen molar-refractivity contribution in [2.24, 2.45) is 0 Å². The Morgan fingerprint density at radius 3 is 2.62 bits per heavy atom. The van der Waals surface area contributed by atoms with Crippen molar-refractivity contribution in [2.45, 2.75) is 25.2 Å². The number of carbonyl (C=O) groups is 2. The molecule has 1 aromatic heterocycles. The summed E-state index contributed by atoms with van der Waals surface area (Å²) in [6, 6.07) is 6.64. The van der Waals surface area contributed by atoms with E-state index in [9.17, 15) is 9.59 Å². The van der Waals surface area contributed by atoms with Gasteiger partial charge < -0.3 is 10.4 Å². The van der Waals surface area contributed by atoms with Gasteiger partial charge in [0, 0.05) is 11.6 Å². The fourth-order valence-electron chi connectivity index (χ4n) is 1.98. The molecule has 2 aromatic rings. The molecule has 0 radical (unpaired) electrons. The number of aromatic nitrogens is 3. The van der Waals surface area contributed by atoms with Gasteiger partial charge in [0.1, 0.15) is 5.82 Å². The third-order valence-corrected chi connectivity index (χ3v) is 3.24. The van der Waals surface area contributed by atoms with Crippen LogP contribution in [0.3, 0.4) is 0 Å². The maximum absolute atomic E-state index is 12.0. The van der Waals surface area contributed by atoms with E-state index in [1.54, 1.807) is 24.3 Å². The Hall–Kier alpha value is -2.70. The fourth-order valence-corrected chi connectivity index (χ4v) is 1.98. The predicted octanol–water partition coefficient (Wildman–Crippen LogP) is 1.56. The molecule has 1 amide bonds. The SMILES string of the molecule is O=C(O)Cc1ccc(NC(=O)c2n[nH]c(C3CC3)n2)cc1. The first kappa shape index (κ1) is 13.3. The van der Waals surface area contributed by atoms with E-state index in [0.29, 0.717) is 17.2 Å². The van der Waals surface area contributed by atoms with Gasteiger partial charge in [0.25, 0.3) is 5.91 Å². The van der Waals surface area contributed by atoms with Crippen LogP contribution in [0.4, 0.5) is 5.69 Å². The molecule has 7 heteroatoms. The predicted molar refractivity (Wildman–Crippen MR) is 74.1 cm³/mol. The number of benzene rings is 1. The summed E-state index contributed by atoms with van der Waals surface area (Å²) in [5.74, 6) is 0.0158. The number of aliphatic carboxylic acids is 1. The number of carbonyl (C=O) groups excluding carboxylic acids is 1. The third kappa shape index (κ3) is 3.25. The summed E-state index contributed by atoms with van der Waals surface area (Å²) in [6.07, 6.45) is 2.13. The molecule has 0 spiro atoms. The Morgan fingerprint density at radius 2 is 2.00 bits per heavy atom. The molecule has 0 aliphatic heterocycles. The second-order valence-electron chi connectivity index (χ2n) is 5.04. The highest BCUT2D eigenvalue weighted by atomic mass is 16.4. The highest BCUT2D eigenvalue weighted by Crippen LogP contribution is 2.37. The smallest absolute Gasteiger partial charge is 0.307 e. The van der Waals surface area contributed by atoms with Crippen molar-refractivity contribution in [3.05, 3.63) is 41.5 Å². The average molecular weight is 286 g/mol. The zero-order chi connectivity index (χ0) is 14.8. The van der Waals surface area contributed by atoms with Crippen LogP contribution in [0, 0.1) is 0 Å². The van der Waals surface area contributed by atoms with Crippen LogP contribution in [0.1, 0.15) is 40.8 Å². The quantitative estimate of drug-likeness (QED) is 0.773. The number of nitrogens with zero attached hydrogens (tertiary/aromatic N) is 2. The van der Waals surface area contributed by atoms with E-state index in [1.807, 2.05) is 0 Å². The molecule has 3 N–H and O–H groups in total. The molecule has 1 saturated carbocycles. The summed E-state index contributed by atoms with van der Waals surface area (Å²) in [5.41, 5.74) is 1.25. The Labute approximate surface area is 120 Å². The number of carboxylic acids is 1. The topological polar surface area (TPSA) is 108 Å². The molecule has 1 aromatic carbocycles. The molecule has 0 unspecified atom stereocenters. The van der Waals surface area contributed by atoms with Gasteiger partial charge in [0.2, 0.25) is 5.82 Å². The number of hydrogen-bond acceptors (Lipinski definition) is 4. The van der Waals surface area contributed by atoms with Gasteiger partial charge in [-0.1, -0.05) is 12.1 Å². The van der Waals surface area contributed by atoms with Crippen molar-refractivity contribution in [2.75, 3.05) is 5.32 Å². The Bertz CT molecular complexity index is 674. The van der Waals surface area contributed by atoms with Crippen molar-refractivity contribution in [1.29, 1.82) is 0 Å². The number of anilines is 1. The molecule has 7 nitrogen and oxygen atoms in total. The molecule has 1 aliphatic carbocycles. The fraction of sp³-hybridized carbons (Fsp3) is 0.286. The summed E-state index contributed by atoms with van der Waals surface area (Å²) < 4.78 is 0. The lowest BCUT2D eigenvalue weighted by Gasteiger charge is -2.03. The lowest BCUT2D eigenvalue weighted by Crippen LogP contribution is -2.13. The number of aromatic amines is 1. The van der Waals surface area contributed by atoms with Crippen molar-refractivity contribution < 1.29 is 14.7 Å². The first-order valence-corrected chi connectivity index (χ1v) is 6.66. The Kier molecular flexibility index (Phi) is 3.39. The van der Waals surface area contributed by atoms with Gasteiger partial charge in [0.15, 0.2) is 0 Å². The summed E-state index contributed by atoms with van der Waals surface area (Å²) in [7, 11) is 0. The number of carboxylic acid groups (broad SMARTS) is 1. The monoisotopic (exact) mass is 286 g/mol. The lowest BCUT2D eigenvalue weighted by atomic mass is 10.1. The van der Waals surface area contributed by atoms with Crippen LogP contribution in [-0.4, -0.2) is 32.2 Å². The summed E-state index contributed by atoms with van der Waals surface area (Å²) >= 11 is 0. The highest BCUT2D eigenvalue weighted by molar-refractivity contribution is 6.01. The van der Waals surface area contributed by atoms with Crippen LogP contribution in [-0.2, 0) is 11.2 Å². The van der Waals surface area contributed by atoms with E-state index >= 15 is 0 Å². The number of hydrogen-bond donors (Lipinski definition) is 3. The molecule has 108 valence electrons. The number of H-pyrrole nitrogens is 1. The molecule has 21 heavy (non-hydrogen) atoms. The van der Waals surface area contributed by atoms with Crippen LogP contribution >= 0.6 is 0 Å². The van der Waals surface area contributed by atoms with Crippen molar-refractivity contribution in [1.82, 2.24) is 15.2 Å². The van der Waals surface area contributed by atoms with Crippen molar-refractivity contribution in [3.8, 4) is 0 Å². The number of rotatable bonds is 5. The summed E-state index contributed by atoms with van der Waals surface area (Å²) in [6.45, 7) is 0. The van der Waals surface area contributed by atoms with E-state index in [2.05, 4.69) is 20.5 Å². The minimum atomic E-state index is -0.889. The molecule has 1 aliphatic rings. The zero-order valence-electron chi connectivity index (χ0n) is 11.2. The van der Waals surface area contributed by atoms with Gasteiger partial charge in [0.05, 0.1) is 6.42 Å². The zero-order valence-corrected chi connectivity index (χ0v) is 11.2. The molecule has 0 atom stereocenters. The van der Waals surface area contributed by atoms with E-state index in [4.69, 9.17) is 5.11 Å².